The van der Waals surface area contributed by atoms with Crippen molar-refractivity contribution in [2.45, 2.75) is 42.8 Å². The van der Waals surface area contributed by atoms with Gasteiger partial charge in [-0.1, -0.05) is 39.3 Å². The van der Waals surface area contributed by atoms with Crippen molar-refractivity contribution in [3.8, 4) is 0 Å². The molecule has 0 aliphatic heterocycles. The molecule has 0 atom stereocenters. The SMILES string of the molecule is CC(C)(C)NCc1cc(Br)ccc1Sc1ncccc1Cl. The van der Waals surface area contributed by atoms with Gasteiger partial charge in [0.1, 0.15) is 5.03 Å². The predicted molar refractivity (Wildman–Crippen MR) is 94.1 cm³/mol. The topological polar surface area (TPSA) is 24.9 Å². The van der Waals surface area contributed by atoms with Gasteiger partial charge >= 0.3 is 0 Å². The highest BCUT2D eigenvalue weighted by molar-refractivity contribution is 9.10. The Morgan fingerprint density at radius 1 is 1.29 bits per heavy atom. The maximum absolute atomic E-state index is 6.20. The largest absolute Gasteiger partial charge is 0.308 e. The van der Waals surface area contributed by atoms with Crippen LogP contribution in [0.4, 0.5) is 0 Å². The van der Waals surface area contributed by atoms with Crippen LogP contribution in [0.5, 0.6) is 0 Å². The summed E-state index contributed by atoms with van der Waals surface area (Å²) < 4.78 is 1.07. The predicted octanol–water partition coefficient (Wildman–Crippen LogP) is 5.54. The van der Waals surface area contributed by atoms with E-state index in [1.54, 1.807) is 18.0 Å². The number of nitrogens with zero attached hydrogens (tertiary/aromatic N) is 1. The molecule has 0 unspecified atom stereocenters. The van der Waals surface area contributed by atoms with E-state index < -0.39 is 0 Å². The highest BCUT2D eigenvalue weighted by Gasteiger charge is 2.12. The van der Waals surface area contributed by atoms with Gasteiger partial charge in [0.05, 0.1) is 5.02 Å². The summed E-state index contributed by atoms with van der Waals surface area (Å²) in [5.41, 5.74) is 1.30. The molecular formula is C16H18BrClN2S. The van der Waals surface area contributed by atoms with E-state index in [4.69, 9.17) is 11.6 Å². The highest BCUT2D eigenvalue weighted by atomic mass is 79.9. The Hall–Kier alpha value is -0.550. The van der Waals surface area contributed by atoms with Crippen LogP contribution in [-0.2, 0) is 6.54 Å². The normalized spacial score (nSPS) is 11.7. The minimum Gasteiger partial charge on any atom is -0.308 e. The standard InChI is InChI=1S/C16H18BrClN2S/c1-16(2,3)20-10-11-9-12(17)6-7-14(11)21-15-13(18)5-4-8-19-15/h4-9,20H,10H2,1-3H3. The monoisotopic (exact) mass is 384 g/mol. The van der Waals surface area contributed by atoms with E-state index in [0.717, 1.165) is 20.9 Å². The second kappa shape index (κ2) is 7.14. The quantitative estimate of drug-likeness (QED) is 0.748. The lowest BCUT2D eigenvalue weighted by Crippen LogP contribution is -2.35. The van der Waals surface area contributed by atoms with Gasteiger partial charge in [0.25, 0.3) is 0 Å². The van der Waals surface area contributed by atoms with Gasteiger partial charge in [-0.2, -0.15) is 0 Å². The van der Waals surface area contributed by atoms with E-state index >= 15 is 0 Å². The molecular weight excluding hydrogens is 368 g/mol. The summed E-state index contributed by atoms with van der Waals surface area (Å²) in [4.78, 5) is 5.51. The van der Waals surface area contributed by atoms with Crippen molar-refractivity contribution in [1.82, 2.24) is 10.3 Å². The molecule has 0 amide bonds. The third-order valence-electron chi connectivity index (χ3n) is 2.76. The molecule has 0 aliphatic carbocycles. The van der Waals surface area contributed by atoms with Gasteiger partial charge < -0.3 is 5.32 Å². The van der Waals surface area contributed by atoms with Crippen molar-refractivity contribution < 1.29 is 0 Å². The van der Waals surface area contributed by atoms with E-state index in [2.05, 4.69) is 59.1 Å². The van der Waals surface area contributed by atoms with Crippen LogP contribution in [0.3, 0.4) is 0 Å². The van der Waals surface area contributed by atoms with Crippen LogP contribution in [0.2, 0.25) is 5.02 Å². The third kappa shape index (κ3) is 5.29. The average molecular weight is 386 g/mol. The molecule has 1 N–H and O–H groups in total. The first-order valence-corrected chi connectivity index (χ1v) is 8.66. The van der Waals surface area contributed by atoms with Gasteiger partial charge in [-0.3, -0.25) is 0 Å². The van der Waals surface area contributed by atoms with Crippen LogP contribution in [0.25, 0.3) is 0 Å². The zero-order valence-corrected chi connectivity index (χ0v) is 15.4. The number of rotatable bonds is 4. The molecule has 1 aromatic carbocycles. The molecule has 0 fully saturated rings. The van der Waals surface area contributed by atoms with Gasteiger partial charge in [0.2, 0.25) is 0 Å². The Morgan fingerprint density at radius 3 is 2.71 bits per heavy atom. The summed E-state index contributed by atoms with van der Waals surface area (Å²) in [6.45, 7) is 7.28. The minimum atomic E-state index is 0.0763. The fourth-order valence-corrected chi connectivity index (χ4v) is 3.23. The number of hydrogen-bond donors (Lipinski definition) is 1. The van der Waals surface area contributed by atoms with Crippen molar-refractivity contribution in [2.24, 2.45) is 0 Å². The van der Waals surface area contributed by atoms with E-state index in [1.165, 1.54) is 5.56 Å². The molecule has 2 nitrogen and oxygen atoms in total. The van der Waals surface area contributed by atoms with Gasteiger partial charge in [0, 0.05) is 27.6 Å². The minimum absolute atomic E-state index is 0.0763. The lowest BCUT2D eigenvalue weighted by molar-refractivity contribution is 0.422. The molecule has 1 aromatic heterocycles. The lowest BCUT2D eigenvalue weighted by atomic mass is 10.1. The first-order chi connectivity index (χ1) is 9.85. The van der Waals surface area contributed by atoms with E-state index in [0.29, 0.717) is 5.02 Å². The van der Waals surface area contributed by atoms with E-state index in [-0.39, 0.29) is 5.54 Å². The summed E-state index contributed by atoms with van der Waals surface area (Å²) in [5, 5.41) is 5.03. The maximum Gasteiger partial charge on any atom is 0.119 e. The van der Waals surface area contributed by atoms with Crippen LogP contribution in [0.1, 0.15) is 26.3 Å². The van der Waals surface area contributed by atoms with Crippen LogP contribution < -0.4 is 5.32 Å². The fraction of sp³-hybridized carbons (Fsp3) is 0.312. The van der Waals surface area contributed by atoms with Crippen molar-refractivity contribution in [3.63, 3.8) is 0 Å². The zero-order chi connectivity index (χ0) is 15.5. The number of pyridine rings is 1. The van der Waals surface area contributed by atoms with Crippen molar-refractivity contribution in [3.05, 3.63) is 51.6 Å². The average Bonchev–Trinajstić information content (AvgIpc) is 2.40. The Morgan fingerprint density at radius 2 is 2.05 bits per heavy atom. The second-order valence-corrected chi connectivity index (χ2v) is 8.10. The van der Waals surface area contributed by atoms with Crippen molar-refractivity contribution in [1.29, 1.82) is 0 Å². The zero-order valence-electron chi connectivity index (χ0n) is 12.3. The molecule has 0 bridgehead atoms. The molecule has 21 heavy (non-hydrogen) atoms. The summed E-state index contributed by atoms with van der Waals surface area (Å²) in [7, 11) is 0. The molecule has 1 heterocycles. The Balaban J connectivity index is 2.25. The first-order valence-electron chi connectivity index (χ1n) is 6.67. The molecule has 5 heteroatoms. The van der Waals surface area contributed by atoms with Crippen molar-refractivity contribution >= 4 is 39.3 Å². The molecule has 112 valence electrons. The van der Waals surface area contributed by atoms with Crippen LogP contribution in [0.15, 0.2) is 50.9 Å². The Bertz CT molecular complexity index is 626. The summed E-state index contributed by atoms with van der Waals surface area (Å²) in [5.74, 6) is 0. The molecule has 0 saturated carbocycles. The molecule has 2 rings (SSSR count). The first kappa shape index (κ1) is 16.8. The molecule has 0 radical (unpaired) electrons. The molecule has 0 spiro atoms. The second-order valence-electron chi connectivity index (χ2n) is 5.75. The number of nitrogens with one attached hydrogen (secondary N) is 1. The van der Waals surface area contributed by atoms with Gasteiger partial charge in [0.15, 0.2) is 0 Å². The highest BCUT2D eigenvalue weighted by Crippen LogP contribution is 2.34. The summed E-state index contributed by atoms with van der Waals surface area (Å²) in [6, 6.07) is 9.98. The summed E-state index contributed by atoms with van der Waals surface area (Å²) in [6.07, 6.45) is 1.76. The Kier molecular flexibility index (Phi) is 5.72. The van der Waals surface area contributed by atoms with Crippen LogP contribution in [-0.4, -0.2) is 10.5 Å². The van der Waals surface area contributed by atoms with E-state index in [1.807, 2.05) is 18.2 Å². The maximum atomic E-state index is 6.20. The molecule has 0 saturated heterocycles. The smallest absolute Gasteiger partial charge is 0.119 e. The Labute approximate surface area is 143 Å². The van der Waals surface area contributed by atoms with Crippen molar-refractivity contribution in [2.75, 3.05) is 0 Å². The fourth-order valence-electron chi connectivity index (χ4n) is 1.70. The van der Waals surface area contributed by atoms with Crippen LogP contribution >= 0.6 is 39.3 Å². The number of halogens is 2. The number of benzene rings is 1. The lowest BCUT2D eigenvalue weighted by Gasteiger charge is -2.21. The molecule has 2 aromatic rings. The van der Waals surface area contributed by atoms with Gasteiger partial charge in [-0.25, -0.2) is 4.98 Å². The van der Waals surface area contributed by atoms with Crippen LogP contribution in [0, 0.1) is 0 Å². The third-order valence-corrected chi connectivity index (χ3v) is 4.81. The molecule has 0 aliphatic rings. The van der Waals surface area contributed by atoms with Gasteiger partial charge in [-0.05, 0) is 56.7 Å². The van der Waals surface area contributed by atoms with E-state index in [9.17, 15) is 0 Å². The summed E-state index contributed by atoms with van der Waals surface area (Å²) >= 11 is 11.3. The van der Waals surface area contributed by atoms with Gasteiger partial charge in [-0.15, -0.1) is 0 Å². The number of hydrogen-bond acceptors (Lipinski definition) is 3. The number of aromatic nitrogens is 1.